The van der Waals surface area contributed by atoms with Crippen molar-refractivity contribution >= 4 is 11.0 Å². The van der Waals surface area contributed by atoms with Gasteiger partial charge in [0.1, 0.15) is 34.5 Å². The predicted octanol–water partition coefficient (Wildman–Crippen LogP) is 5.96. The van der Waals surface area contributed by atoms with Gasteiger partial charge in [-0.1, -0.05) is 18.2 Å². The van der Waals surface area contributed by atoms with E-state index in [4.69, 9.17) is 14.9 Å². The molecule has 0 radical (unpaired) electrons. The Morgan fingerprint density at radius 3 is 2.31 bits per heavy atom. The molecule has 0 saturated carbocycles. The van der Waals surface area contributed by atoms with Crippen molar-refractivity contribution in [1.29, 1.82) is 0 Å². The van der Waals surface area contributed by atoms with Gasteiger partial charge in [0.05, 0.1) is 12.6 Å². The molecule has 0 bridgehead atoms. The summed E-state index contributed by atoms with van der Waals surface area (Å²) in [6.07, 6.45) is 5.63. The fourth-order valence-electron chi connectivity index (χ4n) is 3.73. The van der Waals surface area contributed by atoms with Crippen LogP contribution in [-0.4, -0.2) is 0 Å². The van der Waals surface area contributed by atoms with E-state index in [9.17, 15) is 8.78 Å². The van der Waals surface area contributed by atoms with Gasteiger partial charge in [-0.25, -0.2) is 8.78 Å². The van der Waals surface area contributed by atoms with E-state index in [0.717, 1.165) is 27.7 Å². The fraction of sp³-hybridized carbons (Fsp3) is 0.0769. The lowest BCUT2D eigenvalue weighted by molar-refractivity contribution is 0.432. The van der Waals surface area contributed by atoms with E-state index in [-0.39, 0.29) is 17.7 Å². The van der Waals surface area contributed by atoms with E-state index in [0.29, 0.717) is 23.8 Å². The highest BCUT2D eigenvalue weighted by molar-refractivity contribution is 5.93. The van der Waals surface area contributed by atoms with Crippen LogP contribution >= 0.6 is 0 Å². The van der Waals surface area contributed by atoms with Crippen LogP contribution in [-0.2, 0) is 6.54 Å². The molecular weight excluding hydrogens is 410 g/mol. The van der Waals surface area contributed by atoms with Crippen molar-refractivity contribution in [3.63, 3.8) is 0 Å². The summed E-state index contributed by atoms with van der Waals surface area (Å²) in [7, 11) is 0. The number of hydrogen-bond donors (Lipinski definition) is 2. The number of ether oxygens (including phenoxy) is 1. The molecule has 0 spiro atoms. The normalized spacial score (nSPS) is 15.5. The number of rotatable bonds is 5. The molecule has 1 aliphatic heterocycles. The number of allylic oxidation sites excluding steroid dienone is 1. The highest BCUT2D eigenvalue weighted by atomic mass is 19.1. The number of nitrogens with one attached hydrogen (secondary N) is 1. The monoisotopic (exact) mass is 430 g/mol. The lowest BCUT2D eigenvalue weighted by atomic mass is 9.96. The van der Waals surface area contributed by atoms with E-state index in [2.05, 4.69) is 5.32 Å². The summed E-state index contributed by atoms with van der Waals surface area (Å²) in [5.41, 5.74) is 9.23. The average molecular weight is 430 g/mol. The van der Waals surface area contributed by atoms with Crippen LogP contribution in [0, 0.1) is 11.6 Å². The van der Waals surface area contributed by atoms with E-state index in [1.807, 2.05) is 30.4 Å². The van der Waals surface area contributed by atoms with Crippen LogP contribution in [0.1, 0.15) is 17.4 Å². The third-order valence-corrected chi connectivity index (χ3v) is 5.31. The van der Waals surface area contributed by atoms with Crippen molar-refractivity contribution in [2.75, 3.05) is 0 Å². The number of benzene rings is 3. The quantitative estimate of drug-likeness (QED) is 0.410. The van der Waals surface area contributed by atoms with Gasteiger partial charge in [0.2, 0.25) is 0 Å². The number of dihydropyridines is 1. The summed E-state index contributed by atoms with van der Waals surface area (Å²) in [6, 6.07) is 18.1. The Morgan fingerprint density at radius 2 is 1.66 bits per heavy atom. The Bertz CT molecular complexity index is 1320. The maximum atomic E-state index is 13.5. The zero-order valence-corrected chi connectivity index (χ0v) is 17.0. The highest BCUT2D eigenvalue weighted by Crippen LogP contribution is 2.35. The zero-order valence-electron chi connectivity index (χ0n) is 17.0. The van der Waals surface area contributed by atoms with Crippen LogP contribution in [0.2, 0.25) is 0 Å². The van der Waals surface area contributed by atoms with Crippen molar-refractivity contribution in [1.82, 2.24) is 5.32 Å². The minimum absolute atomic E-state index is 0.101. The van der Waals surface area contributed by atoms with Gasteiger partial charge >= 0.3 is 0 Å². The number of hydrogen-bond acceptors (Lipinski definition) is 4. The minimum atomic E-state index is -0.312. The molecule has 0 aliphatic carbocycles. The second-order valence-corrected chi connectivity index (χ2v) is 7.52. The van der Waals surface area contributed by atoms with Gasteiger partial charge in [-0.3, -0.25) is 0 Å². The minimum Gasteiger partial charge on any atom is -0.459 e. The Morgan fingerprint density at radius 1 is 0.938 bits per heavy atom. The molecule has 0 fully saturated rings. The van der Waals surface area contributed by atoms with Gasteiger partial charge < -0.3 is 20.2 Å². The first-order valence-corrected chi connectivity index (χ1v) is 10.2. The Kier molecular flexibility index (Phi) is 5.21. The summed E-state index contributed by atoms with van der Waals surface area (Å²) < 4.78 is 38.3. The summed E-state index contributed by atoms with van der Waals surface area (Å²) >= 11 is 0. The first-order valence-electron chi connectivity index (χ1n) is 10.2. The van der Waals surface area contributed by atoms with Gasteiger partial charge in [-0.2, -0.15) is 0 Å². The average Bonchev–Trinajstić information content (AvgIpc) is 3.24. The number of nitrogens with two attached hydrogens (primary N) is 1. The standard InChI is InChI=1S/C26H20F2N2O2/c27-19-3-1-16(2-4-19)24-13-17(11-18-12-23(14-29)32-26(18)24)25-10-9-22(15-30-25)31-21-7-5-20(28)6-8-21/h1-13,15,25,30H,14,29H2. The van der Waals surface area contributed by atoms with E-state index < -0.39 is 0 Å². The molecule has 6 heteroatoms. The molecule has 5 rings (SSSR count). The molecule has 2 heterocycles. The van der Waals surface area contributed by atoms with E-state index >= 15 is 0 Å². The number of halogens is 2. The van der Waals surface area contributed by atoms with Gasteiger partial charge in [0.25, 0.3) is 0 Å². The van der Waals surface area contributed by atoms with Crippen molar-refractivity contribution in [2.45, 2.75) is 12.6 Å². The molecule has 4 aromatic rings. The first-order chi connectivity index (χ1) is 15.6. The van der Waals surface area contributed by atoms with Crippen molar-refractivity contribution in [3.8, 4) is 16.9 Å². The Labute approximate surface area is 183 Å². The molecule has 32 heavy (non-hydrogen) atoms. The summed E-state index contributed by atoms with van der Waals surface area (Å²) in [5, 5.41) is 4.25. The van der Waals surface area contributed by atoms with Crippen LogP contribution in [0.3, 0.4) is 0 Å². The Balaban J connectivity index is 1.45. The first kappa shape index (κ1) is 20.0. The smallest absolute Gasteiger partial charge is 0.142 e. The third kappa shape index (κ3) is 4.00. The molecule has 3 aromatic carbocycles. The molecule has 1 aromatic heterocycles. The van der Waals surface area contributed by atoms with E-state index in [1.165, 1.54) is 24.3 Å². The predicted molar refractivity (Wildman–Crippen MR) is 120 cm³/mol. The van der Waals surface area contributed by atoms with Crippen LogP contribution in [0.25, 0.3) is 22.1 Å². The van der Waals surface area contributed by atoms with Crippen molar-refractivity contribution in [3.05, 3.63) is 114 Å². The van der Waals surface area contributed by atoms with Gasteiger partial charge in [-0.05, 0) is 71.8 Å². The van der Waals surface area contributed by atoms with E-state index in [1.54, 1.807) is 30.5 Å². The summed E-state index contributed by atoms with van der Waals surface area (Å²) in [6.45, 7) is 0.293. The molecule has 1 aliphatic rings. The third-order valence-electron chi connectivity index (χ3n) is 5.31. The maximum Gasteiger partial charge on any atom is 0.142 e. The molecule has 1 unspecified atom stereocenters. The second kappa shape index (κ2) is 8.32. The van der Waals surface area contributed by atoms with Gasteiger partial charge in [0, 0.05) is 17.1 Å². The fourth-order valence-corrected chi connectivity index (χ4v) is 3.73. The lowest BCUT2D eigenvalue weighted by Gasteiger charge is -2.20. The van der Waals surface area contributed by atoms with Gasteiger partial charge in [-0.15, -0.1) is 0 Å². The highest BCUT2D eigenvalue weighted by Gasteiger charge is 2.17. The van der Waals surface area contributed by atoms with Crippen LogP contribution in [0.5, 0.6) is 5.75 Å². The maximum absolute atomic E-state index is 13.5. The van der Waals surface area contributed by atoms with Crippen LogP contribution in [0.15, 0.2) is 95.3 Å². The topological polar surface area (TPSA) is 60.4 Å². The molecule has 0 saturated heterocycles. The lowest BCUT2D eigenvalue weighted by Crippen LogP contribution is -2.18. The van der Waals surface area contributed by atoms with Crippen molar-refractivity contribution in [2.24, 2.45) is 5.73 Å². The van der Waals surface area contributed by atoms with Gasteiger partial charge in [0.15, 0.2) is 0 Å². The van der Waals surface area contributed by atoms with Crippen molar-refractivity contribution < 1.29 is 17.9 Å². The molecule has 1 atom stereocenters. The molecule has 4 nitrogen and oxygen atoms in total. The molecular formula is C26H20F2N2O2. The SMILES string of the molecule is NCc1cc2cc(C3C=CC(Oc4ccc(F)cc4)=CN3)cc(-c3ccc(F)cc3)c2o1. The molecule has 3 N–H and O–H groups in total. The summed E-state index contributed by atoms with van der Waals surface area (Å²) in [4.78, 5) is 0. The number of furan rings is 1. The summed E-state index contributed by atoms with van der Waals surface area (Å²) in [5.74, 6) is 1.24. The second-order valence-electron chi connectivity index (χ2n) is 7.52. The van der Waals surface area contributed by atoms with Crippen LogP contribution < -0.4 is 15.8 Å². The molecule has 0 amide bonds. The molecule has 160 valence electrons. The van der Waals surface area contributed by atoms with Crippen LogP contribution in [0.4, 0.5) is 8.78 Å². The zero-order chi connectivity index (χ0) is 22.1. The Hall–Kier alpha value is -3.90. The number of fused-ring (bicyclic) bond motifs is 1. The largest absolute Gasteiger partial charge is 0.459 e.